The van der Waals surface area contributed by atoms with Crippen LogP contribution in [0.1, 0.15) is 39.2 Å². The highest BCUT2D eigenvalue weighted by atomic mass is 32.2. The Kier molecular flexibility index (Phi) is 6.21. The lowest BCUT2D eigenvalue weighted by Gasteiger charge is -2.08. The molecule has 0 aliphatic heterocycles. The van der Waals surface area contributed by atoms with Crippen molar-refractivity contribution < 1.29 is 22.3 Å². The topological polar surface area (TPSA) is 130 Å². The molecule has 0 unspecified atom stereocenters. The largest absolute Gasteiger partial charge is 0.461 e. The number of thiazole rings is 1. The number of rotatable bonds is 8. The van der Waals surface area contributed by atoms with Crippen LogP contribution in [0.3, 0.4) is 0 Å². The Morgan fingerprint density at radius 3 is 2.83 bits per heavy atom. The fourth-order valence-corrected chi connectivity index (χ4v) is 4.23. The van der Waals surface area contributed by atoms with E-state index in [0.29, 0.717) is 4.68 Å². The van der Waals surface area contributed by atoms with E-state index in [1.807, 2.05) is 0 Å². The number of amides is 1. The zero-order valence-corrected chi connectivity index (χ0v) is 17.4. The molecule has 0 aromatic carbocycles. The maximum atomic E-state index is 12.5. The van der Waals surface area contributed by atoms with Gasteiger partial charge in [-0.2, -0.15) is 8.42 Å². The number of nitrogens with one attached hydrogen (secondary N) is 1. The van der Waals surface area contributed by atoms with Gasteiger partial charge in [-0.3, -0.25) is 4.39 Å². The number of aromatic nitrogens is 4. The molecule has 0 saturated heterocycles. The molecule has 2 heterocycles. The van der Waals surface area contributed by atoms with E-state index in [4.69, 9.17) is 4.74 Å². The highest BCUT2D eigenvalue weighted by molar-refractivity contribution is 7.88. The second-order valence-electron chi connectivity index (χ2n) is 6.64. The molecule has 3 rings (SSSR count). The van der Waals surface area contributed by atoms with Gasteiger partial charge < -0.3 is 9.30 Å². The predicted octanol–water partition coefficient (Wildman–Crippen LogP) is 0.793. The van der Waals surface area contributed by atoms with Crippen LogP contribution >= 0.6 is 11.3 Å². The smallest absolute Gasteiger partial charge is 0.361 e. The van der Waals surface area contributed by atoms with Gasteiger partial charge in [-0.15, -0.1) is 25.5 Å². The minimum absolute atomic E-state index is 0.0423. The number of carbonyl (C=O) groups excluding carboxylic acids is 1. The maximum Gasteiger partial charge on any atom is 0.361 e. The average Bonchev–Trinajstić information content (AvgIpc) is 3.28. The van der Waals surface area contributed by atoms with Gasteiger partial charge in [0.15, 0.2) is 0 Å². The van der Waals surface area contributed by atoms with Crippen molar-refractivity contribution in [1.82, 2.24) is 23.6 Å². The van der Waals surface area contributed by atoms with Gasteiger partial charge in [0.1, 0.15) is 0 Å². The molecular formula is C15H21FN6O5S2. The molecule has 1 fully saturated rings. The van der Waals surface area contributed by atoms with Gasteiger partial charge in [-0.25, -0.2) is 18.9 Å². The molecule has 11 nitrogen and oxygen atoms in total. The van der Waals surface area contributed by atoms with Crippen LogP contribution in [0, 0.1) is 0 Å². The number of aryl methyl sites for hydroxylation is 1. The Morgan fingerprint density at radius 1 is 1.48 bits per heavy atom. The monoisotopic (exact) mass is 448 g/mol. The van der Waals surface area contributed by atoms with Crippen molar-refractivity contribution >= 4 is 27.6 Å². The van der Waals surface area contributed by atoms with Crippen LogP contribution in [0.4, 0.5) is 9.18 Å². The highest BCUT2D eigenvalue weighted by Crippen LogP contribution is 2.36. The van der Waals surface area contributed by atoms with Crippen molar-refractivity contribution in [2.45, 2.75) is 51.8 Å². The number of carbonyl (C=O) groups is 1. The zero-order chi connectivity index (χ0) is 21.2. The molecule has 1 amide bonds. The molecule has 2 aromatic heterocycles. The zero-order valence-electron chi connectivity index (χ0n) is 15.8. The second-order valence-corrected chi connectivity index (χ2v) is 8.85. The molecule has 29 heavy (non-hydrogen) atoms. The standard InChI is InChI=1S/C15H21FN6O5S2/c1-10(2)27-13-17-22(15(24)21(13)11-4-5-11)12(23)18-29(25,26)19-14-20(7-3-6-16)8-9-28-14/h8-11H,3-7H2,1-2H3,(H,18,23). The molecule has 2 aromatic rings. The lowest BCUT2D eigenvalue weighted by atomic mass is 10.5. The van der Waals surface area contributed by atoms with Crippen LogP contribution in [0.2, 0.25) is 0 Å². The molecule has 1 saturated carbocycles. The van der Waals surface area contributed by atoms with Crippen molar-refractivity contribution in [3.63, 3.8) is 0 Å². The Balaban J connectivity index is 1.85. The van der Waals surface area contributed by atoms with Crippen LogP contribution in [-0.4, -0.2) is 46.1 Å². The number of ether oxygens (including phenoxy) is 1. The summed E-state index contributed by atoms with van der Waals surface area (Å²) in [7, 11) is -4.48. The predicted molar refractivity (Wildman–Crippen MR) is 102 cm³/mol. The van der Waals surface area contributed by atoms with Gasteiger partial charge >= 0.3 is 27.9 Å². The quantitative estimate of drug-likeness (QED) is 0.636. The molecule has 14 heteroatoms. The number of hydrogen-bond donors (Lipinski definition) is 1. The summed E-state index contributed by atoms with van der Waals surface area (Å²) in [5.41, 5.74) is -0.787. The van der Waals surface area contributed by atoms with Crippen molar-refractivity contribution in [2.24, 2.45) is 4.40 Å². The summed E-state index contributed by atoms with van der Waals surface area (Å²) in [5.74, 6) is 0. The van der Waals surface area contributed by atoms with Crippen molar-refractivity contribution in [3.8, 4) is 6.01 Å². The summed E-state index contributed by atoms with van der Waals surface area (Å²) >= 11 is 1.01. The number of halogens is 1. The number of alkyl halides is 1. The summed E-state index contributed by atoms with van der Waals surface area (Å²) in [6.07, 6.45) is 2.96. The van der Waals surface area contributed by atoms with Crippen LogP contribution in [-0.2, 0) is 16.8 Å². The van der Waals surface area contributed by atoms with Crippen molar-refractivity contribution in [1.29, 1.82) is 0 Å². The SMILES string of the molecule is CC(C)Oc1nn(C(=O)NS(=O)(=O)N=c2sccn2CCCF)c(=O)n1C1CC1. The van der Waals surface area contributed by atoms with Gasteiger partial charge in [0.2, 0.25) is 4.80 Å². The third-order valence-corrected chi connectivity index (χ3v) is 5.59. The van der Waals surface area contributed by atoms with E-state index in [0.717, 1.165) is 24.2 Å². The summed E-state index contributed by atoms with van der Waals surface area (Å²) in [4.78, 5) is 25.0. The minimum Gasteiger partial charge on any atom is -0.461 e. The fourth-order valence-electron chi connectivity index (χ4n) is 2.48. The van der Waals surface area contributed by atoms with Crippen LogP contribution < -0.4 is 20.0 Å². The molecule has 160 valence electrons. The number of nitrogens with zero attached hydrogens (tertiary/aromatic N) is 5. The fraction of sp³-hybridized carbons (Fsp3) is 0.600. The van der Waals surface area contributed by atoms with Gasteiger partial charge in [-0.05, 0) is 33.1 Å². The van der Waals surface area contributed by atoms with Gasteiger partial charge in [0, 0.05) is 24.2 Å². The normalized spacial score (nSPS) is 15.1. The molecule has 1 aliphatic carbocycles. The summed E-state index contributed by atoms with van der Waals surface area (Å²) in [6, 6.07) is -1.43. The molecule has 0 atom stereocenters. The van der Waals surface area contributed by atoms with Gasteiger partial charge in [0.05, 0.1) is 12.8 Å². The maximum absolute atomic E-state index is 12.5. The third kappa shape index (κ3) is 5.12. The first-order valence-electron chi connectivity index (χ1n) is 8.93. The molecule has 0 spiro atoms. The lowest BCUT2D eigenvalue weighted by Crippen LogP contribution is -2.40. The van der Waals surface area contributed by atoms with Crippen LogP contribution in [0.15, 0.2) is 20.8 Å². The molecule has 0 radical (unpaired) electrons. The van der Waals surface area contributed by atoms with E-state index in [9.17, 15) is 22.4 Å². The first-order valence-corrected chi connectivity index (χ1v) is 11.2. The first-order chi connectivity index (χ1) is 13.7. The van der Waals surface area contributed by atoms with E-state index in [1.165, 1.54) is 9.13 Å². The first kappa shape index (κ1) is 21.2. The second kappa shape index (κ2) is 8.49. The molecule has 1 N–H and O–H groups in total. The summed E-state index contributed by atoms with van der Waals surface area (Å²) in [5, 5.41) is 5.42. The van der Waals surface area contributed by atoms with Crippen molar-refractivity contribution in [3.05, 3.63) is 26.9 Å². The molecule has 0 bridgehead atoms. The van der Waals surface area contributed by atoms with E-state index in [1.54, 1.807) is 30.1 Å². The van der Waals surface area contributed by atoms with E-state index in [2.05, 4.69) is 9.50 Å². The number of hydrogen-bond acceptors (Lipinski definition) is 7. The molecular weight excluding hydrogens is 427 g/mol. The Hall–Kier alpha value is -2.48. The van der Waals surface area contributed by atoms with Crippen LogP contribution in [0.5, 0.6) is 6.01 Å². The summed E-state index contributed by atoms with van der Waals surface area (Å²) in [6.45, 7) is 3.16. The van der Waals surface area contributed by atoms with E-state index >= 15 is 0 Å². The van der Waals surface area contributed by atoms with Gasteiger partial charge in [-0.1, -0.05) is 0 Å². The van der Waals surface area contributed by atoms with Gasteiger partial charge in [0.25, 0.3) is 0 Å². The lowest BCUT2D eigenvalue weighted by molar-refractivity contribution is 0.208. The van der Waals surface area contributed by atoms with Crippen molar-refractivity contribution in [2.75, 3.05) is 6.67 Å². The Bertz CT molecular complexity index is 1110. The van der Waals surface area contributed by atoms with Crippen LogP contribution in [0.25, 0.3) is 0 Å². The highest BCUT2D eigenvalue weighted by Gasteiger charge is 2.33. The van der Waals surface area contributed by atoms with E-state index < -0.39 is 28.6 Å². The Morgan fingerprint density at radius 2 is 2.21 bits per heavy atom. The summed E-state index contributed by atoms with van der Waals surface area (Å²) < 4.78 is 50.7. The van der Waals surface area contributed by atoms with E-state index in [-0.39, 0.29) is 35.9 Å². The third-order valence-electron chi connectivity index (χ3n) is 3.83. The Labute approximate surface area is 169 Å². The average molecular weight is 449 g/mol. The molecule has 1 aliphatic rings. The minimum atomic E-state index is -4.48.